The van der Waals surface area contributed by atoms with Crippen LogP contribution in [0.2, 0.25) is 10.0 Å². The summed E-state index contributed by atoms with van der Waals surface area (Å²) in [6.45, 7) is 5.15. The highest BCUT2D eigenvalue weighted by Crippen LogP contribution is 2.25. The van der Waals surface area contributed by atoms with Gasteiger partial charge >= 0.3 is 5.97 Å². The van der Waals surface area contributed by atoms with Crippen molar-refractivity contribution >= 4 is 46.8 Å². The fraction of sp³-hybridized carbons (Fsp3) is 0.333. The molecule has 1 aromatic heterocycles. The van der Waals surface area contributed by atoms with Gasteiger partial charge in [0.1, 0.15) is 0 Å². The van der Waals surface area contributed by atoms with Crippen molar-refractivity contribution in [3.63, 3.8) is 0 Å². The Balaban J connectivity index is 1.77. The number of aryl methyl sites for hydroxylation is 2. The normalized spacial score (nSPS) is 11.7. The summed E-state index contributed by atoms with van der Waals surface area (Å²) < 4.78 is 4.99. The van der Waals surface area contributed by atoms with Crippen molar-refractivity contribution in [2.24, 2.45) is 0 Å². The Hall–Kier alpha value is -1.83. The molecule has 1 aromatic carbocycles. The molecule has 0 aliphatic rings. The number of nitrogens with zero attached hydrogens (tertiary/aromatic N) is 2. The van der Waals surface area contributed by atoms with Crippen molar-refractivity contribution in [2.45, 2.75) is 32.0 Å². The topological polar surface area (TPSA) is 81.2 Å². The number of ether oxygens (including phenoxy) is 1. The third-order valence-corrected chi connectivity index (χ3v) is 5.03. The number of halogens is 2. The molecule has 6 nitrogen and oxygen atoms in total. The van der Waals surface area contributed by atoms with Crippen LogP contribution in [0.3, 0.4) is 0 Å². The Labute approximate surface area is 172 Å². The standard InChI is InChI=1S/C18H19Cl2N3O3S/c1-10-6-11(2)22-18(21-10)27-9-17(25)26-8-16(24)23-12(3)13-4-5-14(19)15(20)7-13/h4-7,12H,8-9H2,1-3H3,(H,23,24). The van der Waals surface area contributed by atoms with E-state index in [-0.39, 0.29) is 18.4 Å². The summed E-state index contributed by atoms with van der Waals surface area (Å²) in [5.41, 5.74) is 2.45. The monoisotopic (exact) mass is 427 g/mol. The predicted octanol–water partition coefficient (Wildman–Crippen LogP) is 3.91. The van der Waals surface area contributed by atoms with Crippen LogP contribution in [0, 0.1) is 13.8 Å². The first-order valence-corrected chi connectivity index (χ1v) is 9.83. The van der Waals surface area contributed by atoms with E-state index in [1.54, 1.807) is 25.1 Å². The average Bonchev–Trinajstić information content (AvgIpc) is 2.59. The molecule has 1 heterocycles. The molecule has 0 saturated carbocycles. The Kier molecular flexibility index (Phi) is 7.89. The van der Waals surface area contributed by atoms with Crippen LogP contribution < -0.4 is 5.32 Å². The van der Waals surface area contributed by atoms with E-state index in [9.17, 15) is 9.59 Å². The molecule has 0 aliphatic carbocycles. The molecule has 0 saturated heterocycles. The minimum absolute atomic E-state index is 0.0263. The number of benzene rings is 1. The first-order chi connectivity index (χ1) is 12.7. The van der Waals surface area contributed by atoms with E-state index in [1.807, 2.05) is 19.9 Å². The van der Waals surface area contributed by atoms with Crippen LogP contribution >= 0.6 is 35.0 Å². The van der Waals surface area contributed by atoms with Gasteiger partial charge in [-0.3, -0.25) is 9.59 Å². The van der Waals surface area contributed by atoms with Crippen LogP contribution in [0.15, 0.2) is 29.4 Å². The number of rotatable bonds is 7. The van der Waals surface area contributed by atoms with Crippen LogP contribution in [0.4, 0.5) is 0 Å². The molecular formula is C18H19Cl2N3O3S. The van der Waals surface area contributed by atoms with Gasteiger partial charge in [-0.1, -0.05) is 41.0 Å². The van der Waals surface area contributed by atoms with Gasteiger partial charge in [0.25, 0.3) is 5.91 Å². The zero-order valence-corrected chi connectivity index (χ0v) is 17.4. The van der Waals surface area contributed by atoms with Crippen molar-refractivity contribution in [1.29, 1.82) is 0 Å². The molecule has 1 atom stereocenters. The summed E-state index contributed by atoms with van der Waals surface area (Å²) in [5, 5.41) is 4.09. The van der Waals surface area contributed by atoms with E-state index in [0.717, 1.165) is 17.0 Å². The number of carbonyl (C=O) groups excluding carboxylic acids is 2. The van der Waals surface area contributed by atoms with Crippen LogP contribution in [-0.2, 0) is 14.3 Å². The third-order valence-electron chi connectivity index (χ3n) is 3.47. The largest absolute Gasteiger partial charge is 0.455 e. The molecule has 1 unspecified atom stereocenters. The highest BCUT2D eigenvalue weighted by Gasteiger charge is 2.14. The maximum atomic E-state index is 12.0. The van der Waals surface area contributed by atoms with E-state index >= 15 is 0 Å². The second-order valence-electron chi connectivity index (χ2n) is 5.85. The summed E-state index contributed by atoms with van der Waals surface area (Å²) in [7, 11) is 0. The maximum absolute atomic E-state index is 12.0. The first kappa shape index (κ1) is 21.5. The minimum atomic E-state index is -0.514. The fourth-order valence-electron chi connectivity index (χ4n) is 2.22. The maximum Gasteiger partial charge on any atom is 0.316 e. The summed E-state index contributed by atoms with van der Waals surface area (Å²) in [5.74, 6) is -0.895. The highest BCUT2D eigenvalue weighted by atomic mass is 35.5. The zero-order chi connectivity index (χ0) is 20.0. The van der Waals surface area contributed by atoms with E-state index in [1.165, 1.54) is 11.8 Å². The van der Waals surface area contributed by atoms with Crippen molar-refractivity contribution in [3.8, 4) is 0 Å². The molecule has 2 rings (SSSR count). The van der Waals surface area contributed by atoms with Crippen LogP contribution in [0.1, 0.15) is 29.9 Å². The molecule has 1 N–H and O–H groups in total. The van der Waals surface area contributed by atoms with Gasteiger partial charge in [-0.15, -0.1) is 0 Å². The fourth-order valence-corrected chi connectivity index (χ4v) is 3.27. The first-order valence-electron chi connectivity index (χ1n) is 8.09. The summed E-state index contributed by atoms with van der Waals surface area (Å²) in [6.07, 6.45) is 0. The summed E-state index contributed by atoms with van der Waals surface area (Å²) in [4.78, 5) is 32.2. The van der Waals surface area contributed by atoms with Crippen LogP contribution in [0.25, 0.3) is 0 Å². The molecule has 0 fully saturated rings. The van der Waals surface area contributed by atoms with Crippen LogP contribution in [-0.4, -0.2) is 34.2 Å². The van der Waals surface area contributed by atoms with Crippen molar-refractivity contribution in [3.05, 3.63) is 51.3 Å². The number of nitrogens with one attached hydrogen (secondary N) is 1. The van der Waals surface area contributed by atoms with E-state index in [2.05, 4.69) is 15.3 Å². The molecule has 27 heavy (non-hydrogen) atoms. The van der Waals surface area contributed by atoms with Gasteiger partial charge in [0, 0.05) is 11.4 Å². The number of esters is 1. The van der Waals surface area contributed by atoms with Gasteiger partial charge in [0.2, 0.25) is 0 Å². The minimum Gasteiger partial charge on any atom is -0.455 e. The number of carbonyl (C=O) groups is 2. The Morgan fingerprint density at radius 1 is 1.15 bits per heavy atom. The van der Waals surface area contributed by atoms with Gasteiger partial charge in [-0.05, 0) is 44.5 Å². The van der Waals surface area contributed by atoms with E-state index in [4.69, 9.17) is 27.9 Å². The molecule has 0 radical (unpaired) electrons. The predicted molar refractivity (Wildman–Crippen MR) is 106 cm³/mol. The van der Waals surface area contributed by atoms with E-state index in [0.29, 0.717) is 15.2 Å². The van der Waals surface area contributed by atoms with Crippen molar-refractivity contribution in [1.82, 2.24) is 15.3 Å². The van der Waals surface area contributed by atoms with Crippen molar-refractivity contribution < 1.29 is 14.3 Å². The Morgan fingerprint density at radius 2 is 1.81 bits per heavy atom. The van der Waals surface area contributed by atoms with Gasteiger partial charge in [0.05, 0.1) is 21.8 Å². The summed E-state index contributed by atoms with van der Waals surface area (Å²) >= 11 is 13.0. The number of thioether (sulfide) groups is 1. The smallest absolute Gasteiger partial charge is 0.316 e. The number of hydrogen-bond acceptors (Lipinski definition) is 6. The average molecular weight is 428 g/mol. The Bertz CT molecular complexity index is 828. The SMILES string of the molecule is Cc1cc(C)nc(SCC(=O)OCC(=O)NC(C)c2ccc(Cl)c(Cl)c2)n1. The molecular weight excluding hydrogens is 409 g/mol. The number of aromatic nitrogens is 2. The lowest BCUT2D eigenvalue weighted by Crippen LogP contribution is -2.31. The highest BCUT2D eigenvalue weighted by molar-refractivity contribution is 7.99. The van der Waals surface area contributed by atoms with Gasteiger partial charge in [-0.25, -0.2) is 9.97 Å². The molecule has 1 amide bonds. The van der Waals surface area contributed by atoms with Gasteiger partial charge < -0.3 is 10.1 Å². The lowest BCUT2D eigenvalue weighted by atomic mass is 10.1. The Morgan fingerprint density at radius 3 is 2.44 bits per heavy atom. The lowest BCUT2D eigenvalue weighted by molar-refractivity contribution is -0.146. The molecule has 2 aromatic rings. The molecule has 0 aliphatic heterocycles. The summed E-state index contributed by atoms with van der Waals surface area (Å²) in [6, 6.07) is 6.66. The van der Waals surface area contributed by atoms with Crippen LogP contribution in [0.5, 0.6) is 0 Å². The van der Waals surface area contributed by atoms with Crippen molar-refractivity contribution in [2.75, 3.05) is 12.4 Å². The molecule has 9 heteroatoms. The van der Waals surface area contributed by atoms with Gasteiger partial charge in [-0.2, -0.15) is 0 Å². The lowest BCUT2D eigenvalue weighted by Gasteiger charge is -2.15. The second-order valence-corrected chi connectivity index (χ2v) is 7.60. The third kappa shape index (κ3) is 7.01. The molecule has 144 valence electrons. The second kappa shape index (κ2) is 9.92. The van der Waals surface area contributed by atoms with Gasteiger partial charge in [0.15, 0.2) is 11.8 Å². The number of amides is 1. The quantitative estimate of drug-likeness (QED) is 0.409. The number of hydrogen-bond donors (Lipinski definition) is 1. The molecule has 0 spiro atoms. The zero-order valence-electron chi connectivity index (χ0n) is 15.1. The van der Waals surface area contributed by atoms with E-state index < -0.39 is 11.9 Å². The molecule has 0 bridgehead atoms.